The summed E-state index contributed by atoms with van der Waals surface area (Å²) in [6, 6.07) is 0. The van der Waals surface area contributed by atoms with Crippen molar-refractivity contribution in [2.24, 2.45) is 0 Å². The Balaban J connectivity index is 2.70. The van der Waals surface area contributed by atoms with E-state index < -0.39 is 24.2 Å². The topological polar surface area (TPSA) is 81.0 Å². The first-order chi connectivity index (χ1) is 5.04. The molecule has 3 N–H and O–H groups in total. The summed E-state index contributed by atoms with van der Waals surface area (Å²) in [5, 5.41) is 27.0. The number of amides is 1. The van der Waals surface area contributed by atoms with Gasteiger partial charge in [0.15, 0.2) is 6.10 Å². The normalized spacial score (nSPS) is 39.5. The van der Waals surface area contributed by atoms with E-state index in [4.69, 9.17) is 15.3 Å². The minimum absolute atomic E-state index is 0.0665. The summed E-state index contributed by atoms with van der Waals surface area (Å²) in [5.74, 6) is -0.553. The highest BCUT2D eigenvalue weighted by Gasteiger charge is 2.38. The van der Waals surface area contributed by atoms with Gasteiger partial charge >= 0.3 is 0 Å². The predicted molar refractivity (Wildman–Crippen MR) is 35.7 cm³/mol. The summed E-state index contributed by atoms with van der Waals surface area (Å²) in [5.41, 5.74) is 0. The Kier molecular flexibility index (Phi) is 2.12. The molecule has 0 aromatic heterocycles. The fourth-order valence-electron chi connectivity index (χ4n) is 1.06. The molecule has 0 aromatic rings. The summed E-state index contributed by atoms with van der Waals surface area (Å²) < 4.78 is 0. The molecular formula is C6H11NO4. The molecule has 1 aliphatic rings. The Bertz CT molecular complexity index is 172. The van der Waals surface area contributed by atoms with E-state index in [-0.39, 0.29) is 6.54 Å². The summed E-state index contributed by atoms with van der Waals surface area (Å²) in [6.07, 6.45) is -3.88. The van der Waals surface area contributed by atoms with E-state index in [0.29, 0.717) is 0 Å². The number of likely N-dealkylation sites (tertiary alicyclic amines) is 1. The van der Waals surface area contributed by atoms with Crippen LogP contribution in [0.3, 0.4) is 0 Å². The fraction of sp³-hybridized carbons (Fsp3) is 0.833. The molecule has 1 heterocycles. The number of carbonyl (C=O) groups is 1. The van der Waals surface area contributed by atoms with Crippen molar-refractivity contribution in [3.05, 3.63) is 0 Å². The number of likely N-dealkylation sites (N-methyl/N-ethyl adjacent to an activating group) is 1. The quantitative estimate of drug-likeness (QED) is 0.368. The van der Waals surface area contributed by atoms with Crippen molar-refractivity contribution in [3.63, 3.8) is 0 Å². The highest BCUT2D eigenvalue weighted by molar-refractivity contribution is 5.82. The molecule has 1 rings (SSSR count). The third kappa shape index (κ3) is 1.35. The molecule has 5 heteroatoms. The maximum Gasteiger partial charge on any atom is 0.254 e. The number of carbonyl (C=O) groups excluding carboxylic acids is 1. The van der Waals surface area contributed by atoms with Gasteiger partial charge in [0.1, 0.15) is 12.2 Å². The monoisotopic (exact) mass is 161 g/mol. The Labute approximate surface area is 63.9 Å². The second kappa shape index (κ2) is 2.77. The van der Waals surface area contributed by atoms with Gasteiger partial charge in [-0.3, -0.25) is 4.79 Å². The van der Waals surface area contributed by atoms with Gasteiger partial charge in [-0.15, -0.1) is 0 Å². The highest BCUT2D eigenvalue weighted by Crippen LogP contribution is 2.10. The van der Waals surface area contributed by atoms with Crippen LogP contribution in [0.1, 0.15) is 0 Å². The molecule has 1 amide bonds. The number of rotatable bonds is 0. The molecule has 3 atom stereocenters. The molecule has 1 saturated heterocycles. The number of aliphatic hydroxyl groups excluding tert-OH is 3. The van der Waals surface area contributed by atoms with Crippen molar-refractivity contribution < 1.29 is 20.1 Å². The SMILES string of the molecule is CN1CC(O)C(O)C(O)C1=O. The lowest BCUT2D eigenvalue weighted by atomic mass is 10.0. The molecule has 0 radical (unpaired) electrons. The van der Waals surface area contributed by atoms with Crippen molar-refractivity contribution in [2.75, 3.05) is 13.6 Å². The molecule has 5 nitrogen and oxygen atoms in total. The summed E-state index contributed by atoms with van der Waals surface area (Å²) in [4.78, 5) is 12.1. The van der Waals surface area contributed by atoms with Crippen LogP contribution in [0.2, 0.25) is 0 Å². The predicted octanol–water partition coefficient (Wildman–Crippen LogP) is -2.46. The Morgan fingerprint density at radius 2 is 2.00 bits per heavy atom. The lowest BCUT2D eigenvalue weighted by molar-refractivity contribution is -0.163. The Morgan fingerprint density at radius 1 is 1.45 bits per heavy atom. The minimum atomic E-state index is -1.48. The van der Waals surface area contributed by atoms with Crippen LogP contribution in [0.5, 0.6) is 0 Å². The standard InChI is InChI=1S/C6H11NO4/c1-7-2-3(8)4(9)5(10)6(7)11/h3-5,8-10H,2H2,1H3. The fourth-order valence-corrected chi connectivity index (χ4v) is 1.06. The highest BCUT2D eigenvalue weighted by atomic mass is 16.4. The van der Waals surface area contributed by atoms with E-state index in [0.717, 1.165) is 0 Å². The summed E-state index contributed by atoms with van der Waals surface area (Å²) >= 11 is 0. The maximum absolute atomic E-state index is 10.9. The third-order valence-electron chi connectivity index (χ3n) is 1.81. The number of hydrogen-bond donors (Lipinski definition) is 3. The second-order valence-electron chi connectivity index (χ2n) is 2.72. The molecule has 1 fully saturated rings. The van der Waals surface area contributed by atoms with Crippen LogP contribution in [0.15, 0.2) is 0 Å². The van der Waals surface area contributed by atoms with Gasteiger partial charge < -0.3 is 20.2 Å². The molecule has 1 aliphatic heterocycles. The van der Waals surface area contributed by atoms with E-state index in [1.165, 1.54) is 11.9 Å². The van der Waals surface area contributed by atoms with Crippen molar-refractivity contribution in [3.8, 4) is 0 Å². The summed E-state index contributed by atoms with van der Waals surface area (Å²) in [6.45, 7) is 0.0665. The molecule has 0 spiro atoms. The molecule has 0 bridgehead atoms. The average molecular weight is 161 g/mol. The Morgan fingerprint density at radius 3 is 2.55 bits per heavy atom. The molecular weight excluding hydrogens is 150 g/mol. The van der Waals surface area contributed by atoms with Crippen LogP contribution >= 0.6 is 0 Å². The van der Waals surface area contributed by atoms with Crippen molar-refractivity contribution in [1.29, 1.82) is 0 Å². The van der Waals surface area contributed by atoms with Gasteiger partial charge in [-0.2, -0.15) is 0 Å². The smallest absolute Gasteiger partial charge is 0.254 e. The van der Waals surface area contributed by atoms with Crippen LogP contribution in [0, 0.1) is 0 Å². The number of hydrogen-bond acceptors (Lipinski definition) is 4. The lowest BCUT2D eigenvalue weighted by Gasteiger charge is -2.33. The van der Waals surface area contributed by atoms with E-state index >= 15 is 0 Å². The zero-order chi connectivity index (χ0) is 8.59. The molecule has 0 aromatic carbocycles. The summed E-state index contributed by atoms with van der Waals surface area (Å²) in [7, 11) is 1.46. The van der Waals surface area contributed by atoms with Crippen LogP contribution in [0.25, 0.3) is 0 Å². The van der Waals surface area contributed by atoms with Gasteiger partial charge in [0.25, 0.3) is 5.91 Å². The zero-order valence-corrected chi connectivity index (χ0v) is 6.14. The number of nitrogens with zero attached hydrogens (tertiary/aromatic N) is 1. The van der Waals surface area contributed by atoms with Gasteiger partial charge in [-0.1, -0.05) is 0 Å². The molecule has 0 saturated carbocycles. The van der Waals surface area contributed by atoms with Crippen molar-refractivity contribution in [2.45, 2.75) is 18.3 Å². The molecule has 3 unspecified atom stereocenters. The zero-order valence-electron chi connectivity index (χ0n) is 6.14. The molecule has 11 heavy (non-hydrogen) atoms. The third-order valence-corrected chi connectivity index (χ3v) is 1.81. The maximum atomic E-state index is 10.9. The minimum Gasteiger partial charge on any atom is -0.388 e. The van der Waals surface area contributed by atoms with E-state index in [2.05, 4.69) is 0 Å². The lowest BCUT2D eigenvalue weighted by Crippen LogP contribution is -2.57. The number of aliphatic hydroxyl groups is 3. The van der Waals surface area contributed by atoms with E-state index in [1.54, 1.807) is 0 Å². The van der Waals surface area contributed by atoms with Crippen LogP contribution < -0.4 is 0 Å². The van der Waals surface area contributed by atoms with Crippen LogP contribution in [-0.2, 0) is 4.79 Å². The largest absolute Gasteiger partial charge is 0.388 e. The van der Waals surface area contributed by atoms with Crippen LogP contribution in [-0.4, -0.2) is 58.0 Å². The number of β-amino-alcohol motifs (C(OH)–C–C–N with tert-alkyl or cyclic N) is 1. The second-order valence-corrected chi connectivity index (χ2v) is 2.72. The first kappa shape index (κ1) is 8.45. The number of piperidine rings is 1. The van der Waals surface area contributed by atoms with E-state index in [9.17, 15) is 4.79 Å². The van der Waals surface area contributed by atoms with E-state index in [1.807, 2.05) is 0 Å². The van der Waals surface area contributed by atoms with Gasteiger partial charge in [0.05, 0.1) is 0 Å². The van der Waals surface area contributed by atoms with Gasteiger partial charge in [0.2, 0.25) is 0 Å². The first-order valence-electron chi connectivity index (χ1n) is 3.33. The van der Waals surface area contributed by atoms with Crippen LogP contribution in [0.4, 0.5) is 0 Å². The van der Waals surface area contributed by atoms with Gasteiger partial charge in [-0.05, 0) is 0 Å². The average Bonchev–Trinajstić information content (AvgIpc) is 1.97. The van der Waals surface area contributed by atoms with Gasteiger partial charge in [0, 0.05) is 13.6 Å². The first-order valence-corrected chi connectivity index (χ1v) is 3.33. The van der Waals surface area contributed by atoms with Crippen molar-refractivity contribution in [1.82, 2.24) is 4.90 Å². The molecule has 64 valence electrons. The van der Waals surface area contributed by atoms with Crippen molar-refractivity contribution >= 4 is 5.91 Å². The Hall–Kier alpha value is -0.650. The van der Waals surface area contributed by atoms with Gasteiger partial charge in [-0.25, -0.2) is 0 Å². The molecule has 0 aliphatic carbocycles.